The Bertz CT molecular complexity index is 346. The van der Waals surface area contributed by atoms with Crippen molar-refractivity contribution >= 4 is 5.97 Å². The zero-order valence-electron chi connectivity index (χ0n) is 13.0. The number of rotatable bonds is 4. The molecule has 5 heteroatoms. The number of carbonyl (C=O) groups is 1. The van der Waals surface area contributed by atoms with Crippen LogP contribution < -0.4 is 0 Å². The largest absolute Gasteiger partial charge is 0.481 e. The van der Waals surface area contributed by atoms with Crippen LogP contribution in [0.25, 0.3) is 0 Å². The Morgan fingerprint density at radius 1 is 1.35 bits per heavy atom. The Morgan fingerprint density at radius 3 is 2.75 bits per heavy atom. The molecule has 1 N–H and O–H groups in total. The molecule has 2 saturated heterocycles. The molecule has 0 radical (unpaired) electrons. The minimum absolute atomic E-state index is 0.232. The summed E-state index contributed by atoms with van der Waals surface area (Å²) in [6, 6.07) is 0. The molecule has 0 amide bonds. The molecule has 2 heterocycles. The lowest BCUT2D eigenvalue weighted by atomic mass is 9.74. The van der Waals surface area contributed by atoms with Gasteiger partial charge < -0.3 is 19.6 Å². The SMILES string of the molecule is CN1CCOC(CN2CCCC(C(C)(C)C(=O)O)C2)C1. The Labute approximate surface area is 121 Å². The summed E-state index contributed by atoms with van der Waals surface area (Å²) in [4.78, 5) is 16.1. The van der Waals surface area contributed by atoms with Crippen molar-refractivity contribution in [2.75, 3.05) is 46.4 Å². The summed E-state index contributed by atoms with van der Waals surface area (Å²) < 4.78 is 5.82. The predicted molar refractivity (Wildman–Crippen MR) is 77.8 cm³/mol. The average Bonchev–Trinajstić information content (AvgIpc) is 2.39. The van der Waals surface area contributed by atoms with E-state index in [4.69, 9.17) is 4.74 Å². The van der Waals surface area contributed by atoms with Gasteiger partial charge in [0.25, 0.3) is 0 Å². The summed E-state index contributed by atoms with van der Waals surface area (Å²) in [6.07, 6.45) is 2.37. The van der Waals surface area contributed by atoms with Gasteiger partial charge in [-0.1, -0.05) is 0 Å². The molecular weight excluding hydrogens is 256 g/mol. The second-order valence-electron chi connectivity index (χ2n) is 6.88. The van der Waals surface area contributed by atoms with Crippen molar-refractivity contribution < 1.29 is 14.6 Å². The first kappa shape index (κ1) is 15.7. The van der Waals surface area contributed by atoms with Crippen LogP contribution in [0.1, 0.15) is 26.7 Å². The van der Waals surface area contributed by atoms with Gasteiger partial charge in [0.15, 0.2) is 0 Å². The zero-order valence-corrected chi connectivity index (χ0v) is 13.0. The maximum atomic E-state index is 11.4. The number of carboxylic acid groups (broad SMARTS) is 1. The van der Waals surface area contributed by atoms with E-state index in [1.807, 2.05) is 13.8 Å². The number of nitrogens with zero attached hydrogens (tertiary/aromatic N) is 2. The van der Waals surface area contributed by atoms with Gasteiger partial charge in [-0.05, 0) is 46.2 Å². The molecule has 2 rings (SSSR count). The van der Waals surface area contributed by atoms with Crippen LogP contribution in [0.3, 0.4) is 0 Å². The highest BCUT2D eigenvalue weighted by molar-refractivity contribution is 5.74. The third kappa shape index (κ3) is 3.71. The normalized spacial score (nSPS) is 30.4. The van der Waals surface area contributed by atoms with E-state index in [0.29, 0.717) is 0 Å². The van der Waals surface area contributed by atoms with Gasteiger partial charge in [-0.2, -0.15) is 0 Å². The Hall–Kier alpha value is -0.650. The van der Waals surface area contributed by atoms with Gasteiger partial charge in [0.1, 0.15) is 0 Å². The van der Waals surface area contributed by atoms with Gasteiger partial charge >= 0.3 is 5.97 Å². The van der Waals surface area contributed by atoms with Crippen molar-refractivity contribution in [1.29, 1.82) is 0 Å². The third-order valence-electron chi connectivity index (χ3n) is 4.88. The summed E-state index contributed by atoms with van der Waals surface area (Å²) in [5, 5.41) is 9.39. The maximum absolute atomic E-state index is 11.4. The lowest BCUT2D eigenvalue weighted by Crippen LogP contribution is -2.50. The molecular formula is C15H28N2O3. The van der Waals surface area contributed by atoms with E-state index in [1.54, 1.807) is 0 Å². The molecule has 2 atom stereocenters. The molecule has 2 fully saturated rings. The van der Waals surface area contributed by atoms with Crippen molar-refractivity contribution in [3.8, 4) is 0 Å². The Balaban J connectivity index is 1.88. The summed E-state index contributed by atoms with van der Waals surface area (Å²) in [5.41, 5.74) is -0.636. The molecule has 2 aliphatic rings. The number of hydrogen-bond acceptors (Lipinski definition) is 4. The number of likely N-dealkylation sites (tertiary alicyclic amines) is 1. The smallest absolute Gasteiger partial charge is 0.309 e. The number of ether oxygens (including phenoxy) is 1. The van der Waals surface area contributed by atoms with Crippen LogP contribution in [0.5, 0.6) is 0 Å². The fourth-order valence-electron chi connectivity index (χ4n) is 3.25. The summed E-state index contributed by atoms with van der Waals surface area (Å²) >= 11 is 0. The second kappa shape index (κ2) is 6.41. The number of morpholine rings is 1. The van der Waals surface area contributed by atoms with Gasteiger partial charge in [0.05, 0.1) is 18.1 Å². The number of aliphatic carboxylic acids is 1. The summed E-state index contributed by atoms with van der Waals surface area (Å²) in [5.74, 6) is -0.451. The maximum Gasteiger partial charge on any atom is 0.309 e. The minimum atomic E-state index is -0.682. The van der Waals surface area contributed by atoms with Crippen LogP contribution in [0.15, 0.2) is 0 Å². The van der Waals surface area contributed by atoms with Crippen molar-refractivity contribution in [3.63, 3.8) is 0 Å². The van der Waals surface area contributed by atoms with Crippen LogP contribution in [-0.4, -0.2) is 73.4 Å². The highest BCUT2D eigenvalue weighted by Crippen LogP contribution is 2.34. The van der Waals surface area contributed by atoms with Gasteiger partial charge in [0.2, 0.25) is 0 Å². The monoisotopic (exact) mass is 284 g/mol. The second-order valence-corrected chi connectivity index (χ2v) is 6.88. The topological polar surface area (TPSA) is 53.0 Å². The van der Waals surface area contributed by atoms with Gasteiger partial charge in [-0.25, -0.2) is 0 Å². The van der Waals surface area contributed by atoms with Crippen LogP contribution >= 0.6 is 0 Å². The standard InChI is InChI=1S/C15H28N2O3/c1-15(2,14(18)19)12-5-4-6-17(9-12)11-13-10-16(3)7-8-20-13/h12-13H,4-11H2,1-3H3,(H,18,19). The van der Waals surface area contributed by atoms with Crippen LogP contribution in [0.4, 0.5) is 0 Å². The number of piperidine rings is 1. The highest BCUT2D eigenvalue weighted by Gasteiger charge is 2.39. The van der Waals surface area contributed by atoms with E-state index >= 15 is 0 Å². The third-order valence-corrected chi connectivity index (χ3v) is 4.88. The van der Waals surface area contributed by atoms with Crippen LogP contribution in [-0.2, 0) is 9.53 Å². The molecule has 2 unspecified atom stereocenters. The first-order chi connectivity index (χ1) is 9.39. The summed E-state index contributed by atoms with van der Waals surface area (Å²) in [7, 11) is 2.13. The molecule has 0 aromatic heterocycles. The molecule has 0 bridgehead atoms. The van der Waals surface area contributed by atoms with Gasteiger partial charge in [-0.15, -0.1) is 0 Å². The Morgan fingerprint density at radius 2 is 2.10 bits per heavy atom. The van der Waals surface area contributed by atoms with E-state index in [-0.39, 0.29) is 12.0 Å². The Kier molecular flexibility index (Phi) is 5.04. The first-order valence-electron chi connectivity index (χ1n) is 7.65. The summed E-state index contributed by atoms with van der Waals surface area (Å²) in [6.45, 7) is 9.37. The number of likely N-dealkylation sites (N-methyl/N-ethyl adjacent to an activating group) is 1. The molecule has 0 aliphatic carbocycles. The molecule has 5 nitrogen and oxygen atoms in total. The molecule has 116 valence electrons. The molecule has 0 spiro atoms. The average molecular weight is 284 g/mol. The number of hydrogen-bond donors (Lipinski definition) is 1. The van der Waals surface area contributed by atoms with Gasteiger partial charge in [-0.3, -0.25) is 4.79 Å². The molecule has 0 aromatic carbocycles. The van der Waals surface area contributed by atoms with Crippen molar-refractivity contribution in [2.45, 2.75) is 32.8 Å². The van der Waals surface area contributed by atoms with Gasteiger partial charge in [0, 0.05) is 26.2 Å². The van der Waals surface area contributed by atoms with E-state index in [9.17, 15) is 9.90 Å². The molecule has 0 saturated carbocycles. The highest BCUT2D eigenvalue weighted by atomic mass is 16.5. The lowest BCUT2D eigenvalue weighted by Gasteiger charge is -2.41. The quantitative estimate of drug-likeness (QED) is 0.839. The fraction of sp³-hybridized carbons (Fsp3) is 0.933. The van der Waals surface area contributed by atoms with Crippen molar-refractivity contribution in [1.82, 2.24) is 9.80 Å². The number of carboxylic acids is 1. The van der Waals surface area contributed by atoms with Crippen molar-refractivity contribution in [3.05, 3.63) is 0 Å². The van der Waals surface area contributed by atoms with E-state index in [1.165, 1.54) is 0 Å². The van der Waals surface area contributed by atoms with Crippen LogP contribution in [0.2, 0.25) is 0 Å². The molecule has 0 aromatic rings. The van der Waals surface area contributed by atoms with E-state index in [0.717, 1.165) is 52.2 Å². The molecule has 20 heavy (non-hydrogen) atoms. The van der Waals surface area contributed by atoms with E-state index in [2.05, 4.69) is 16.8 Å². The fourth-order valence-corrected chi connectivity index (χ4v) is 3.25. The van der Waals surface area contributed by atoms with Crippen molar-refractivity contribution in [2.24, 2.45) is 11.3 Å². The molecule has 2 aliphatic heterocycles. The predicted octanol–water partition coefficient (Wildman–Crippen LogP) is 1.14. The lowest BCUT2D eigenvalue weighted by molar-refractivity contribution is -0.151. The zero-order chi connectivity index (χ0) is 14.8. The first-order valence-corrected chi connectivity index (χ1v) is 7.65. The minimum Gasteiger partial charge on any atom is -0.481 e. The van der Waals surface area contributed by atoms with E-state index < -0.39 is 11.4 Å². The van der Waals surface area contributed by atoms with Crippen LogP contribution in [0, 0.1) is 11.3 Å².